The number of hydrogen-bond acceptors (Lipinski definition) is 4. The average molecular weight is 326 g/mol. The Hall–Kier alpha value is -1.20. The molecule has 0 atom stereocenters. The molecule has 0 spiro atoms. The number of carbonyl (C=O) groups is 1. The predicted molar refractivity (Wildman–Crippen MR) is 75.0 cm³/mol. The highest BCUT2D eigenvalue weighted by Gasteiger charge is 2.14. The number of thiophene rings is 1. The SMILES string of the molecule is Cc1cc(Br)c(C(=O)OCCc2ccccn2)s1. The number of ether oxygens (including phenoxy) is 1. The van der Waals surface area contributed by atoms with Gasteiger partial charge in [-0.05, 0) is 41.1 Å². The molecule has 18 heavy (non-hydrogen) atoms. The van der Waals surface area contributed by atoms with Crippen LogP contribution < -0.4 is 0 Å². The molecular weight excluding hydrogens is 314 g/mol. The van der Waals surface area contributed by atoms with Crippen LogP contribution in [0.15, 0.2) is 34.9 Å². The van der Waals surface area contributed by atoms with E-state index in [-0.39, 0.29) is 5.97 Å². The molecule has 2 aromatic rings. The highest BCUT2D eigenvalue weighted by molar-refractivity contribution is 9.10. The number of rotatable bonds is 4. The van der Waals surface area contributed by atoms with Crippen molar-refractivity contribution in [3.05, 3.63) is 50.4 Å². The lowest BCUT2D eigenvalue weighted by Crippen LogP contribution is -2.07. The average Bonchev–Trinajstić information content (AvgIpc) is 2.70. The number of halogens is 1. The molecule has 0 radical (unpaired) electrons. The van der Waals surface area contributed by atoms with Crippen LogP contribution in [0.3, 0.4) is 0 Å². The fourth-order valence-corrected chi connectivity index (χ4v) is 3.18. The van der Waals surface area contributed by atoms with Crippen LogP contribution >= 0.6 is 27.3 Å². The topological polar surface area (TPSA) is 39.2 Å². The zero-order valence-electron chi connectivity index (χ0n) is 9.85. The highest BCUT2D eigenvalue weighted by atomic mass is 79.9. The van der Waals surface area contributed by atoms with Gasteiger partial charge in [-0.25, -0.2) is 4.79 Å². The molecule has 0 bridgehead atoms. The molecule has 0 fully saturated rings. The number of aromatic nitrogens is 1. The highest BCUT2D eigenvalue weighted by Crippen LogP contribution is 2.27. The van der Waals surface area contributed by atoms with Gasteiger partial charge in [-0.15, -0.1) is 11.3 Å². The van der Waals surface area contributed by atoms with E-state index in [4.69, 9.17) is 4.74 Å². The van der Waals surface area contributed by atoms with E-state index < -0.39 is 0 Å². The molecule has 2 aromatic heterocycles. The van der Waals surface area contributed by atoms with Crippen molar-refractivity contribution >= 4 is 33.2 Å². The maximum atomic E-state index is 11.8. The molecule has 0 aromatic carbocycles. The number of carbonyl (C=O) groups excluding carboxylic acids is 1. The smallest absolute Gasteiger partial charge is 0.349 e. The first-order chi connectivity index (χ1) is 8.66. The van der Waals surface area contributed by atoms with Gasteiger partial charge >= 0.3 is 5.97 Å². The third-order valence-corrected chi connectivity index (χ3v) is 4.23. The van der Waals surface area contributed by atoms with Crippen LogP contribution in [-0.4, -0.2) is 17.6 Å². The fraction of sp³-hybridized carbons (Fsp3) is 0.231. The second kappa shape index (κ2) is 6.11. The van der Waals surface area contributed by atoms with Crippen molar-refractivity contribution in [2.75, 3.05) is 6.61 Å². The number of aryl methyl sites for hydroxylation is 1. The van der Waals surface area contributed by atoms with Crippen molar-refractivity contribution in [1.29, 1.82) is 0 Å². The van der Waals surface area contributed by atoms with Crippen LogP contribution in [0.1, 0.15) is 20.2 Å². The van der Waals surface area contributed by atoms with Gasteiger partial charge in [0.05, 0.1) is 6.61 Å². The van der Waals surface area contributed by atoms with Gasteiger partial charge in [-0.1, -0.05) is 6.07 Å². The monoisotopic (exact) mass is 325 g/mol. The second-order valence-corrected chi connectivity index (χ2v) is 5.85. The summed E-state index contributed by atoms with van der Waals surface area (Å²) in [6.45, 7) is 2.30. The van der Waals surface area contributed by atoms with Crippen LogP contribution in [0.4, 0.5) is 0 Å². The van der Waals surface area contributed by atoms with E-state index in [2.05, 4.69) is 20.9 Å². The Morgan fingerprint density at radius 2 is 2.33 bits per heavy atom. The molecule has 0 aliphatic rings. The van der Waals surface area contributed by atoms with Crippen LogP contribution in [0.25, 0.3) is 0 Å². The molecule has 2 rings (SSSR count). The molecule has 2 heterocycles. The Balaban J connectivity index is 1.87. The van der Waals surface area contributed by atoms with E-state index in [0.29, 0.717) is 17.9 Å². The van der Waals surface area contributed by atoms with Crippen molar-refractivity contribution in [2.24, 2.45) is 0 Å². The van der Waals surface area contributed by atoms with Crippen molar-refractivity contribution in [2.45, 2.75) is 13.3 Å². The Kier molecular flexibility index (Phi) is 4.49. The Morgan fingerprint density at radius 3 is 2.94 bits per heavy atom. The Morgan fingerprint density at radius 1 is 1.50 bits per heavy atom. The minimum absolute atomic E-state index is 0.282. The Bertz CT molecular complexity index is 539. The van der Waals surface area contributed by atoms with Gasteiger partial charge in [0, 0.05) is 27.7 Å². The Labute approximate surface area is 118 Å². The summed E-state index contributed by atoms with van der Waals surface area (Å²) in [6, 6.07) is 7.61. The summed E-state index contributed by atoms with van der Waals surface area (Å²) in [4.78, 5) is 17.7. The molecular formula is C13H12BrNO2S. The molecule has 94 valence electrons. The van der Waals surface area contributed by atoms with Crippen molar-refractivity contribution in [3.63, 3.8) is 0 Å². The summed E-state index contributed by atoms with van der Waals surface area (Å²) in [6.07, 6.45) is 2.37. The van der Waals surface area contributed by atoms with E-state index in [1.54, 1.807) is 6.20 Å². The van der Waals surface area contributed by atoms with Gasteiger partial charge in [-0.2, -0.15) is 0 Å². The molecule has 0 unspecified atom stereocenters. The van der Waals surface area contributed by atoms with Gasteiger partial charge in [0.2, 0.25) is 0 Å². The first-order valence-corrected chi connectivity index (χ1v) is 7.11. The summed E-state index contributed by atoms with van der Waals surface area (Å²) in [5, 5.41) is 0. The maximum absolute atomic E-state index is 11.8. The van der Waals surface area contributed by atoms with Crippen LogP contribution in [0.2, 0.25) is 0 Å². The molecule has 0 saturated carbocycles. The van der Waals surface area contributed by atoms with Crippen molar-refractivity contribution in [3.8, 4) is 0 Å². The summed E-state index contributed by atoms with van der Waals surface area (Å²) in [7, 11) is 0. The van der Waals surface area contributed by atoms with Crippen LogP contribution in [-0.2, 0) is 11.2 Å². The largest absolute Gasteiger partial charge is 0.461 e. The van der Waals surface area contributed by atoms with E-state index in [0.717, 1.165) is 15.0 Å². The lowest BCUT2D eigenvalue weighted by Gasteiger charge is -2.03. The van der Waals surface area contributed by atoms with Gasteiger partial charge in [-0.3, -0.25) is 4.98 Å². The van der Waals surface area contributed by atoms with Crippen molar-refractivity contribution in [1.82, 2.24) is 4.98 Å². The minimum atomic E-state index is -0.282. The number of nitrogens with zero attached hydrogens (tertiary/aromatic N) is 1. The first-order valence-electron chi connectivity index (χ1n) is 5.50. The lowest BCUT2D eigenvalue weighted by atomic mass is 10.3. The third-order valence-electron chi connectivity index (χ3n) is 2.31. The normalized spacial score (nSPS) is 10.3. The quantitative estimate of drug-likeness (QED) is 0.806. The van der Waals surface area contributed by atoms with Crippen molar-refractivity contribution < 1.29 is 9.53 Å². The minimum Gasteiger partial charge on any atom is -0.461 e. The van der Waals surface area contributed by atoms with Crippen LogP contribution in [0.5, 0.6) is 0 Å². The predicted octanol–water partition coefficient (Wildman–Crippen LogP) is 3.61. The molecule has 3 nitrogen and oxygen atoms in total. The van der Waals surface area contributed by atoms with Gasteiger partial charge in [0.1, 0.15) is 4.88 Å². The summed E-state index contributed by atoms with van der Waals surface area (Å²) in [5.41, 5.74) is 0.923. The van der Waals surface area contributed by atoms with E-state index in [1.165, 1.54) is 11.3 Å². The standard InChI is InChI=1S/C13H12BrNO2S/c1-9-8-11(14)12(18-9)13(16)17-7-5-10-4-2-3-6-15-10/h2-4,6,8H,5,7H2,1H3. The van der Waals surface area contributed by atoms with E-state index in [1.807, 2.05) is 31.2 Å². The lowest BCUT2D eigenvalue weighted by molar-refractivity contribution is 0.0513. The summed E-state index contributed by atoms with van der Waals surface area (Å²) in [5.74, 6) is -0.282. The molecule has 0 saturated heterocycles. The fourth-order valence-electron chi connectivity index (χ4n) is 1.48. The van der Waals surface area contributed by atoms with E-state index >= 15 is 0 Å². The molecule has 0 amide bonds. The maximum Gasteiger partial charge on any atom is 0.349 e. The molecule has 0 aliphatic carbocycles. The van der Waals surface area contributed by atoms with Gasteiger partial charge < -0.3 is 4.74 Å². The van der Waals surface area contributed by atoms with Gasteiger partial charge in [0.15, 0.2) is 0 Å². The zero-order chi connectivity index (χ0) is 13.0. The molecule has 0 N–H and O–H groups in total. The number of pyridine rings is 1. The summed E-state index contributed by atoms with van der Waals surface area (Å²) >= 11 is 4.78. The van der Waals surface area contributed by atoms with Gasteiger partial charge in [0.25, 0.3) is 0 Å². The first kappa shape index (κ1) is 13.2. The third kappa shape index (κ3) is 3.40. The second-order valence-electron chi connectivity index (χ2n) is 3.74. The number of hydrogen-bond donors (Lipinski definition) is 0. The summed E-state index contributed by atoms with van der Waals surface area (Å²) < 4.78 is 6.03. The molecule has 5 heteroatoms. The molecule has 0 aliphatic heterocycles. The van der Waals surface area contributed by atoms with E-state index in [9.17, 15) is 4.79 Å². The zero-order valence-corrected chi connectivity index (χ0v) is 12.3. The van der Waals surface area contributed by atoms with Crippen LogP contribution in [0, 0.1) is 6.92 Å². The number of esters is 1.